The van der Waals surface area contributed by atoms with E-state index in [1.807, 2.05) is 6.92 Å². The fraction of sp³-hybridized carbons (Fsp3) is 0.826. The molecule has 25 heavy (non-hydrogen) atoms. The van der Waals surface area contributed by atoms with Gasteiger partial charge in [-0.25, -0.2) is 0 Å². The van der Waals surface area contributed by atoms with Crippen LogP contribution in [0, 0.1) is 17.3 Å². The highest BCUT2D eigenvalue weighted by molar-refractivity contribution is 6.85. The van der Waals surface area contributed by atoms with Gasteiger partial charge in [0.2, 0.25) is 0 Å². The van der Waals surface area contributed by atoms with Crippen molar-refractivity contribution in [2.45, 2.75) is 104 Å². The van der Waals surface area contributed by atoms with E-state index < -0.39 is 8.07 Å². The summed E-state index contributed by atoms with van der Waals surface area (Å²) in [4.78, 5) is 0. The number of aliphatic hydroxyl groups is 1. The summed E-state index contributed by atoms with van der Waals surface area (Å²) in [6.45, 7) is 29.5. The highest BCUT2D eigenvalue weighted by Crippen LogP contribution is 2.60. The normalized spacial score (nSPS) is 19.1. The van der Waals surface area contributed by atoms with E-state index in [4.69, 9.17) is 0 Å². The second-order valence-electron chi connectivity index (χ2n) is 10.9. The standard InChI is InChI=1S/C23H46OSi/c1-13-16-25(21(6,7)8,22(9,10)11)17-23(12,20(5)24)19(4)15-14-18(2)3/h13-15,18-20,24H,1,16-17H2,2-12H3/b15-14+/t19-,20?,23+/m1/s1. The van der Waals surface area contributed by atoms with Crippen LogP contribution in [0.3, 0.4) is 0 Å². The van der Waals surface area contributed by atoms with Crippen LogP contribution in [0.2, 0.25) is 22.2 Å². The van der Waals surface area contributed by atoms with Crippen molar-refractivity contribution in [3.63, 3.8) is 0 Å². The van der Waals surface area contributed by atoms with Crippen LogP contribution in [0.1, 0.15) is 76.2 Å². The summed E-state index contributed by atoms with van der Waals surface area (Å²) in [6, 6.07) is 2.21. The molecule has 2 heteroatoms. The summed E-state index contributed by atoms with van der Waals surface area (Å²) in [5.74, 6) is 0.886. The number of allylic oxidation sites excluding steroid dienone is 3. The molecule has 0 spiro atoms. The largest absolute Gasteiger partial charge is 0.393 e. The van der Waals surface area contributed by atoms with Crippen LogP contribution in [-0.2, 0) is 0 Å². The topological polar surface area (TPSA) is 20.2 Å². The van der Waals surface area contributed by atoms with Crippen molar-refractivity contribution < 1.29 is 5.11 Å². The van der Waals surface area contributed by atoms with Gasteiger partial charge in [-0.2, -0.15) is 0 Å². The van der Waals surface area contributed by atoms with Gasteiger partial charge in [0.1, 0.15) is 0 Å². The molecule has 0 rings (SSSR count). The molecule has 0 aliphatic heterocycles. The zero-order chi connectivity index (χ0) is 20.3. The van der Waals surface area contributed by atoms with Crippen LogP contribution in [0.25, 0.3) is 0 Å². The Bertz CT molecular complexity index is 434. The van der Waals surface area contributed by atoms with E-state index in [1.54, 1.807) is 0 Å². The monoisotopic (exact) mass is 366 g/mol. The van der Waals surface area contributed by atoms with E-state index >= 15 is 0 Å². The van der Waals surface area contributed by atoms with Crippen molar-refractivity contribution >= 4 is 8.07 Å². The van der Waals surface area contributed by atoms with Crippen LogP contribution in [0.4, 0.5) is 0 Å². The SMILES string of the molecule is C=CC[Si](C[C@](C)(C(C)O)[C@H](C)/C=C/C(C)C)(C(C)(C)C)C(C)(C)C. The number of aliphatic hydroxyl groups excluding tert-OH is 1. The lowest BCUT2D eigenvalue weighted by Gasteiger charge is -2.57. The maximum absolute atomic E-state index is 10.8. The first-order valence-electron chi connectivity index (χ1n) is 10.0. The van der Waals surface area contributed by atoms with Gasteiger partial charge in [0.25, 0.3) is 0 Å². The molecule has 0 saturated carbocycles. The van der Waals surface area contributed by atoms with E-state index in [0.29, 0.717) is 11.8 Å². The molecule has 1 nitrogen and oxygen atoms in total. The fourth-order valence-electron chi connectivity index (χ4n) is 4.53. The van der Waals surface area contributed by atoms with E-state index in [2.05, 4.69) is 94.0 Å². The second kappa shape index (κ2) is 8.56. The fourth-order valence-corrected chi connectivity index (χ4v) is 11.6. The Morgan fingerprint density at radius 1 is 0.880 bits per heavy atom. The minimum Gasteiger partial charge on any atom is -0.393 e. The van der Waals surface area contributed by atoms with Gasteiger partial charge in [0, 0.05) is 0 Å². The van der Waals surface area contributed by atoms with Gasteiger partial charge >= 0.3 is 0 Å². The molecule has 3 atom stereocenters. The summed E-state index contributed by atoms with van der Waals surface area (Å²) in [6.07, 6.45) is 6.42. The van der Waals surface area contributed by atoms with Gasteiger partial charge < -0.3 is 5.11 Å². The van der Waals surface area contributed by atoms with Gasteiger partial charge in [0.05, 0.1) is 14.2 Å². The molecule has 0 fully saturated rings. The Morgan fingerprint density at radius 2 is 1.32 bits per heavy atom. The third-order valence-electron chi connectivity index (χ3n) is 6.83. The highest BCUT2D eigenvalue weighted by atomic mass is 28.3. The summed E-state index contributed by atoms with van der Waals surface area (Å²) in [5, 5.41) is 11.3. The number of hydrogen-bond donors (Lipinski definition) is 1. The molecule has 0 radical (unpaired) electrons. The predicted octanol–water partition coefficient (Wildman–Crippen LogP) is 7.46. The van der Waals surface area contributed by atoms with Gasteiger partial charge in [-0.1, -0.05) is 87.5 Å². The van der Waals surface area contributed by atoms with E-state index in [1.165, 1.54) is 0 Å². The third kappa shape index (κ3) is 5.56. The minimum absolute atomic E-state index is 0.124. The van der Waals surface area contributed by atoms with Crippen LogP contribution in [0.15, 0.2) is 24.8 Å². The highest BCUT2D eigenvalue weighted by Gasteiger charge is 2.55. The minimum atomic E-state index is -1.83. The smallest absolute Gasteiger partial charge is 0.0687 e. The average Bonchev–Trinajstić information content (AvgIpc) is 2.41. The van der Waals surface area contributed by atoms with E-state index in [-0.39, 0.29) is 21.6 Å². The zero-order valence-corrected chi connectivity index (χ0v) is 20.0. The molecule has 0 bridgehead atoms. The van der Waals surface area contributed by atoms with Crippen molar-refractivity contribution in [1.29, 1.82) is 0 Å². The lowest BCUT2D eigenvalue weighted by atomic mass is 9.75. The summed E-state index contributed by atoms with van der Waals surface area (Å²) >= 11 is 0. The van der Waals surface area contributed by atoms with Crippen LogP contribution >= 0.6 is 0 Å². The molecule has 0 aromatic heterocycles. The molecular formula is C23H46OSi. The number of rotatable bonds is 8. The van der Waals surface area contributed by atoms with Crippen LogP contribution in [0.5, 0.6) is 0 Å². The van der Waals surface area contributed by atoms with Crippen molar-refractivity contribution in [3.05, 3.63) is 24.8 Å². The Balaban J connectivity index is 6.24. The molecule has 0 heterocycles. The van der Waals surface area contributed by atoms with Gasteiger partial charge in [-0.05, 0) is 46.3 Å². The molecule has 0 aliphatic carbocycles. The van der Waals surface area contributed by atoms with Gasteiger partial charge in [-0.3, -0.25) is 0 Å². The average molecular weight is 367 g/mol. The lowest BCUT2D eigenvalue weighted by Crippen LogP contribution is -2.56. The lowest BCUT2D eigenvalue weighted by molar-refractivity contribution is 0.0377. The molecule has 1 unspecified atom stereocenters. The molecule has 0 aliphatic rings. The Labute approximate surface area is 160 Å². The van der Waals surface area contributed by atoms with E-state index in [9.17, 15) is 5.11 Å². The quantitative estimate of drug-likeness (QED) is 0.349. The van der Waals surface area contributed by atoms with Crippen LogP contribution < -0.4 is 0 Å². The number of hydrogen-bond acceptors (Lipinski definition) is 1. The Morgan fingerprint density at radius 3 is 1.60 bits per heavy atom. The molecule has 0 aromatic rings. The molecule has 0 saturated heterocycles. The first-order chi connectivity index (χ1) is 11.0. The molecule has 0 aromatic carbocycles. The molecule has 1 N–H and O–H groups in total. The van der Waals surface area contributed by atoms with Gasteiger partial charge in [-0.15, -0.1) is 6.58 Å². The maximum atomic E-state index is 10.8. The molecule has 148 valence electrons. The maximum Gasteiger partial charge on any atom is 0.0687 e. The first kappa shape index (κ1) is 24.7. The molecule has 0 amide bonds. The Hall–Kier alpha value is -0.343. The molecular weight excluding hydrogens is 320 g/mol. The third-order valence-corrected chi connectivity index (χ3v) is 14.9. The van der Waals surface area contributed by atoms with Crippen molar-refractivity contribution in [3.8, 4) is 0 Å². The van der Waals surface area contributed by atoms with Crippen molar-refractivity contribution in [1.82, 2.24) is 0 Å². The summed E-state index contributed by atoms with van der Waals surface area (Å²) in [5.41, 5.74) is -0.124. The Kier molecular flexibility index (Phi) is 8.45. The summed E-state index contributed by atoms with van der Waals surface area (Å²) in [7, 11) is -1.83. The van der Waals surface area contributed by atoms with E-state index in [0.717, 1.165) is 12.1 Å². The van der Waals surface area contributed by atoms with Crippen molar-refractivity contribution in [2.75, 3.05) is 0 Å². The summed E-state index contributed by atoms with van der Waals surface area (Å²) < 4.78 is 0. The van der Waals surface area contributed by atoms with Crippen molar-refractivity contribution in [2.24, 2.45) is 17.3 Å². The predicted molar refractivity (Wildman–Crippen MR) is 118 cm³/mol. The first-order valence-corrected chi connectivity index (χ1v) is 12.4. The van der Waals surface area contributed by atoms with Crippen LogP contribution in [-0.4, -0.2) is 19.3 Å². The second-order valence-corrected chi connectivity index (χ2v) is 16.8. The zero-order valence-electron chi connectivity index (χ0n) is 19.0. The van der Waals surface area contributed by atoms with Gasteiger partial charge in [0.15, 0.2) is 0 Å².